The van der Waals surface area contributed by atoms with Crippen LogP contribution in [0.2, 0.25) is 5.02 Å². The minimum Gasteiger partial charge on any atom is -0.374 e. The highest BCUT2D eigenvalue weighted by molar-refractivity contribution is 6.30. The van der Waals surface area contributed by atoms with E-state index in [0.29, 0.717) is 6.54 Å². The molecule has 3 nitrogen and oxygen atoms in total. The number of morpholine rings is 1. The SMILES string of the molecule is NC[C@H]1CN(Cc2ccc(Cl)cc2)CCO1. The summed E-state index contributed by atoms with van der Waals surface area (Å²) in [5.41, 5.74) is 6.89. The van der Waals surface area contributed by atoms with Crippen LogP contribution in [0.25, 0.3) is 0 Å². The molecule has 0 aliphatic carbocycles. The van der Waals surface area contributed by atoms with Crippen molar-refractivity contribution in [1.82, 2.24) is 4.90 Å². The largest absolute Gasteiger partial charge is 0.374 e. The molecule has 16 heavy (non-hydrogen) atoms. The summed E-state index contributed by atoms with van der Waals surface area (Å²) in [5.74, 6) is 0. The van der Waals surface area contributed by atoms with Crippen molar-refractivity contribution < 1.29 is 4.74 Å². The van der Waals surface area contributed by atoms with E-state index < -0.39 is 0 Å². The molecule has 1 aromatic carbocycles. The summed E-state index contributed by atoms with van der Waals surface area (Å²) in [6.45, 7) is 4.20. The van der Waals surface area contributed by atoms with Crippen LogP contribution in [0.1, 0.15) is 5.56 Å². The summed E-state index contributed by atoms with van der Waals surface area (Å²) in [6, 6.07) is 7.99. The molecule has 88 valence electrons. The van der Waals surface area contributed by atoms with Gasteiger partial charge in [-0.2, -0.15) is 0 Å². The second kappa shape index (κ2) is 5.64. The van der Waals surface area contributed by atoms with E-state index >= 15 is 0 Å². The van der Waals surface area contributed by atoms with E-state index in [1.54, 1.807) is 0 Å². The van der Waals surface area contributed by atoms with Crippen LogP contribution in [0.3, 0.4) is 0 Å². The topological polar surface area (TPSA) is 38.5 Å². The molecule has 0 saturated carbocycles. The monoisotopic (exact) mass is 240 g/mol. The van der Waals surface area contributed by atoms with Crippen LogP contribution in [0.4, 0.5) is 0 Å². The molecule has 0 bridgehead atoms. The molecule has 0 radical (unpaired) electrons. The third kappa shape index (κ3) is 3.19. The zero-order valence-electron chi connectivity index (χ0n) is 9.23. The minimum atomic E-state index is 0.182. The molecular formula is C12H17ClN2O. The summed E-state index contributed by atoms with van der Waals surface area (Å²) in [6.07, 6.45) is 0.182. The quantitative estimate of drug-likeness (QED) is 0.870. The third-order valence-electron chi connectivity index (χ3n) is 2.81. The average molecular weight is 241 g/mol. The number of nitrogens with two attached hydrogens (primary N) is 1. The Morgan fingerprint density at radius 2 is 2.12 bits per heavy atom. The zero-order valence-corrected chi connectivity index (χ0v) is 9.99. The summed E-state index contributed by atoms with van der Waals surface area (Å²) in [7, 11) is 0. The first-order valence-corrected chi connectivity index (χ1v) is 5.94. The van der Waals surface area contributed by atoms with Gasteiger partial charge < -0.3 is 10.5 Å². The Labute approximate surface area is 101 Å². The van der Waals surface area contributed by atoms with Crippen molar-refractivity contribution in [2.45, 2.75) is 12.6 Å². The Morgan fingerprint density at radius 3 is 2.81 bits per heavy atom. The maximum atomic E-state index is 5.85. The number of ether oxygens (including phenoxy) is 1. The molecule has 4 heteroatoms. The minimum absolute atomic E-state index is 0.182. The molecule has 0 spiro atoms. The molecule has 0 amide bonds. The lowest BCUT2D eigenvalue weighted by atomic mass is 10.2. The van der Waals surface area contributed by atoms with E-state index in [1.165, 1.54) is 5.56 Å². The Hall–Kier alpha value is -0.610. The predicted molar refractivity (Wildman–Crippen MR) is 65.5 cm³/mol. The van der Waals surface area contributed by atoms with Crippen molar-refractivity contribution in [2.24, 2.45) is 5.73 Å². The zero-order chi connectivity index (χ0) is 11.4. The van der Waals surface area contributed by atoms with Crippen LogP contribution >= 0.6 is 11.6 Å². The van der Waals surface area contributed by atoms with Gasteiger partial charge in [-0.1, -0.05) is 23.7 Å². The molecule has 1 aliphatic heterocycles. The molecule has 0 aromatic heterocycles. The van der Waals surface area contributed by atoms with Gasteiger partial charge in [0.1, 0.15) is 0 Å². The number of halogens is 1. The van der Waals surface area contributed by atoms with Crippen LogP contribution in [-0.4, -0.2) is 37.2 Å². The van der Waals surface area contributed by atoms with Gasteiger partial charge in [0.2, 0.25) is 0 Å². The molecule has 1 heterocycles. The maximum Gasteiger partial charge on any atom is 0.0824 e. The summed E-state index contributed by atoms with van der Waals surface area (Å²) in [4.78, 5) is 2.37. The van der Waals surface area contributed by atoms with Crippen LogP contribution in [0, 0.1) is 0 Å². The van der Waals surface area contributed by atoms with E-state index in [2.05, 4.69) is 17.0 Å². The summed E-state index contributed by atoms with van der Waals surface area (Å²) in [5, 5.41) is 0.783. The Balaban J connectivity index is 1.91. The number of benzene rings is 1. The van der Waals surface area contributed by atoms with Crippen molar-refractivity contribution in [3.05, 3.63) is 34.9 Å². The number of hydrogen-bond acceptors (Lipinski definition) is 3. The standard InChI is InChI=1S/C12H17ClN2O/c13-11-3-1-10(2-4-11)8-15-5-6-16-12(7-14)9-15/h1-4,12H,5-9,14H2/t12-/m0/s1. The van der Waals surface area contributed by atoms with Crippen molar-refractivity contribution in [1.29, 1.82) is 0 Å². The highest BCUT2D eigenvalue weighted by Gasteiger charge is 2.18. The fraction of sp³-hybridized carbons (Fsp3) is 0.500. The highest BCUT2D eigenvalue weighted by atomic mass is 35.5. The predicted octanol–water partition coefficient (Wildman–Crippen LogP) is 1.50. The molecule has 2 N–H and O–H groups in total. The molecule has 0 unspecified atom stereocenters. The van der Waals surface area contributed by atoms with Crippen molar-refractivity contribution in [3.8, 4) is 0 Å². The maximum absolute atomic E-state index is 5.85. The van der Waals surface area contributed by atoms with Gasteiger partial charge in [0.15, 0.2) is 0 Å². The molecule has 1 atom stereocenters. The Kier molecular flexibility index (Phi) is 4.18. The lowest BCUT2D eigenvalue weighted by Gasteiger charge is -2.32. The average Bonchev–Trinajstić information content (AvgIpc) is 2.32. The fourth-order valence-electron chi connectivity index (χ4n) is 1.91. The first-order valence-electron chi connectivity index (χ1n) is 5.56. The normalized spacial score (nSPS) is 22.2. The molecular weight excluding hydrogens is 224 g/mol. The van der Waals surface area contributed by atoms with Gasteiger partial charge >= 0.3 is 0 Å². The molecule has 1 aliphatic rings. The van der Waals surface area contributed by atoms with Gasteiger partial charge in [0.25, 0.3) is 0 Å². The van der Waals surface area contributed by atoms with Crippen LogP contribution in [0.15, 0.2) is 24.3 Å². The Bertz CT molecular complexity index is 328. The van der Waals surface area contributed by atoms with Crippen molar-refractivity contribution in [2.75, 3.05) is 26.2 Å². The van der Waals surface area contributed by atoms with Gasteiger partial charge in [0.05, 0.1) is 12.7 Å². The number of nitrogens with zero attached hydrogens (tertiary/aromatic N) is 1. The van der Waals surface area contributed by atoms with Crippen molar-refractivity contribution >= 4 is 11.6 Å². The molecule has 2 rings (SSSR count). The van der Waals surface area contributed by atoms with Crippen LogP contribution < -0.4 is 5.73 Å². The molecule has 1 fully saturated rings. The van der Waals surface area contributed by atoms with E-state index in [0.717, 1.165) is 31.3 Å². The number of rotatable bonds is 3. The van der Waals surface area contributed by atoms with E-state index in [9.17, 15) is 0 Å². The second-order valence-corrected chi connectivity index (χ2v) is 4.53. The molecule has 1 saturated heterocycles. The lowest BCUT2D eigenvalue weighted by molar-refractivity contribution is -0.0260. The lowest BCUT2D eigenvalue weighted by Crippen LogP contribution is -2.45. The summed E-state index contributed by atoms with van der Waals surface area (Å²) >= 11 is 5.85. The van der Waals surface area contributed by atoms with E-state index in [-0.39, 0.29) is 6.10 Å². The summed E-state index contributed by atoms with van der Waals surface area (Å²) < 4.78 is 5.53. The van der Waals surface area contributed by atoms with Gasteiger partial charge in [-0.15, -0.1) is 0 Å². The van der Waals surface area contributed by atoms with Crippen LogP contribution in [-0.2, 0) is 11.3 Å². The highest BCUT2D eigenvalue weighted by Crippen LogP contribution is 2.13. The van der Waals surface area contributed by atoms with E-state index in [4.69, 9.17) is 22.1 Å². The first-order chi connectivity index (χ1) is 7.78. The van der Waals surface area contributed by atoms with Crippen LogP contribution in [0.5, 0.6) is 0 Å². The van der Waals surface area contributed by atoms with Gasteiger partial charge in [-0.25, -0.2) is 0 Å². The first kappa shape index (κ1) is 11.9. The fourth-order valence-corrected chi connectivity index (χ4v) is 2.04. The Morgan fingerprint density at radius 1 is 1.38 bits per heavy atom. The van der Waals surface area contributed by atoms with Gasteiger partial charge in [0, 0.05) is 31.2 Å². The smallest absolute Gasteiger partial charge is 0.0824 e. The van der Waals surface area contributed by atoms with E-state index in [1.807, 2.05) is 12.1 Å². The van der Waals surface area contributed by atoms with Gasteiger partial charge in [-0.3, -0.25) is 4.90 Å². The third-order valence-corrected chi connectivity index (χ3v) is 3.06. The number of hydrogen-bond donors (Lipinski definition) is 1. The van der Waals surface area contributed by atoms with Gasteiger partial charge in [-0.05, 0) is 17.7 Å². The van der Waals surface area contributed by atoms with Crippen molar-refractivity contribution in [3.63, 3.8) is 0 Å². The second-order valence-electron chi connectivity index (χ2n) is 4.09. The molecule has 1 aromatic rings.